The number of hydrogen-bond donors (Lipinski definition) is 1. The van der Waals surface area contributed by atoms with Crippen LogP contribution in [0.2, 0.25) is 0 Å². The zero-order valence-electron chi connectivity index (χ0n) is 9.86. The molecule has 100 valence electrons. The van der Waals surface area contributed by atoms with E-state index in [0.717, 1.165) is 44.1 Å². The second-order valence-corrected chi connectivity index (χ2v) is 4.70. The van der Waals surface area contributed by atoms with Crippen molar-refractivity contribution in [1.29, 1.82) is 0 Å². The lowest BCUT2D eigenvalue weighted by atomic mass is 9.90. The molecule has 0 unspecified atom stereocenters. The monoisotopic (exact) mass is 261 g/mol. The first-order valence-corrected chi connectivity index (χ1v) is 6.03. The number of nitrogens with one attached hydrogen (secondary N) is 1. The predicted molar refractivity (Wildman–Crippen MR) is 60.7 cm³/mol. The van der Waals surface area contributed by atoms with E-state index in [1.54, 1.807) is 0 Å². The number of alkyl halides is 3. The summed E-state index contributed by atoms with van der Waals surface area (Å²) in [5, 5.41) is 3.18. The highest BCUT2D eigenvalue weighted by molar-refractivity contribution is 5.27. The van der Waals surface area contributed by atoms with E-state index in [9.17, 15) is 17.6 Å². The van der Waals surface area contributed by atoms with Gasteiger partial charge in [-0.2, -0.15) is 13.2 Å². The van der Waals surface area contributed by atoms with Crippen LogP contribution in [0, 0.1) is 11.7 Å². The molecule has 1 fully saturated rings. The molecule has 1 saturated heterocycles. The van der Waals surface area contributed by atoms with Crippen molar-refractivity contribution in [3.63, 3.8) is 0 Å². The van der Waals surface area contributed by atoms with Gasteiger partial charge in [0.25, 0.3) is 0 Å². The number of rotatable bonds is 2. The molecule has 0 aliphatic carbocycles. The van der Waals surface area contributed by atoms with Crippen LogP contribution in [0.15, 0.2) is 18.2 Å². The molecule has 2 rings (SSSR count). The molecule has 1 heterocycles. The lowest BCUT2D eigenvalue weighted by Crippen LogP contribution is -2.28. The molecule has 0 amide bonds. The van der Waals surface area contributed by atoms with Crippen molar-refractivity contribution in [2.75, 3.05) is 13.1 Å². The van der Waals surface area contributed by atoms with Crippen molar-refractivity contribution in [2.45, 2.75) is 25.4 Å². The van der Waals surface area contributed by atoms with E-state index in [4.69, 9.17) is 0 Å². The number of piperidine rings is 1. The van der Waals surface area contributed by atoms with Gasteiger partial charge in [-0.3, -0.25) is 0 Å². The average Bonchev–Trinajstić information content (AvgIpc) is 2.32. The SMILES string of the molecule is Fc1ccc(C(F)(F)F)cc1CC1CCNCC1. The van der Waals surface area contributed by atoms with E-state index in [1.807, 2.05) is 0 Å². The van der Waals surface area contributed by atoms with Gasteiger partial charge in [0.05, 0.1) is 5.56 Å². The summed E-state index contributed by atoms with van der Waals surface area (Å²) in [6, 6.07) is 2.65. The molecule has 5 heteroatoms. The second kappa shape index (κ2) is 5.26. The molecule has 18 heavy (non-hydrogen) atoms. The van der Waals surface area contributed by atoms with Crippen LogP contribution >= 0.6 is 0 Å². The number of halogens is 4. The fourth-order valence-electron chi connectivity index (χ4n) is 2.30. The van der Waals surface area contributed by atoms with Crippen molar-refractivity contribution < 1.29 is 17.6 Å². The van der Waals surface area contributed by atoms with Gasteiger partial charge in [0, 0.05) is 0 Å². The smallest absolute Gasteiger partial charge is 0.317 e. The molecule has 0 radical (unpaired) electrons. The Hall–Kier alpha value is -1.10. The summed E-state index contributed by atoms with van der Waals surface area (Å²) >= 11 is 0. The Kier molecular flexibility index (Phi) is 3.90. The third kappa shape index (κ3) is 3.22. The summed E-state index contributed by atoms with van der Waals surface area (Å²) in [6.07, 6.45) is -2.25. The quantitative estimate of drug-likeness (QED) is 0.805. The molecule has 1 aromatic rings. The van der Waals surface area contributed by atoms with Gasteiger partial charge in [0.15, 0.2) is 0 Å². The molecule has 0 spiro atoms. The van der Waals surface area contributed by atoms with Crippen molar-refractivity contribution in [3.05, 3.63) is 35.1 Å². The molecule has 1 N–H and O–H groups in total. The van der Waals surface area contributed by atoms with E-state index in [1.165, 1.54) is 0 Å². The Morgan fingerprint density at radius 1 is 1.17 bits per heavy atom. The molecular weight excluding hydrogens is 246 g/mol. The summed E-state index contributed by atoms with van der Waals surface area (Å²) in [4.78, 5) is 0. The molecule has 0 saturated carbocycles. The van der Waals surface area contributed by atoms with E-state index >= 15 is 0 Å². The number of hydrogen-bond acceptors (Lipinski definition) is 1. The van der Waals surface area contributed by atoms with Gasteiger partial charge in [0.2, 0.25) is 0 Å². The van der Waals surface area contributed by atoms with Crippen molar-refractivity contribution in [2.24, 2.45) is 5.92 Å². The zero-order valence-corrected chi connectivity index (χ0v) is 9.86. The van der Waals surface area contributed by atoms with Crippen molar-refractivity contribution in [1.82, 2.24) is 5.32 Å². The van der Waals surface area contributed by atoms with Crippen LogP contribution in [0.5, 0.6) is 0 Å². The lowest BCUT2D eigenvalue weighted by Gasteiger charge is -2.23. The van der Waals surface area contributed by atoms with Gasteiger partial charge in [0.1, 0.15) is 5.82 Å². The maximum absolute atomic E-state index is 13.5. The molecule has 1 aliphatic heterocycles. The largest absolute Gasteiger partial charge is 0.416 e. The predicted octanol–water partition coefficient (Wildman–Crippen LogP) is 3.39. The average molecular weight is 261 g/mol. The van der Waals surface area contributed by atoms with Crippen molar-refractivity contribution >= 4 is 0 Å². The zero-order chi connectivity index (χ0) is 13.2. The van der Waals surface area contributed by atoms with Gasteiger partial charge in [-0.1, -0.05) is 0 Å². The summed E-state index contributed by atoms with van der Waals surface area (Å²) in [7, 11) is 0. The van der Waals surface area contributed by atoms with Crippen LogP contribution in [-0.2, 0) is 12.6 Å². The van der Waals surface area contributed by atoms with Crippen LogP contribution in [0.3, 0.4) is 0 Å². The third-order valence-corrected chi connectivity index (χ3v) is 3.34. The molecule has 1 aliphatic rings. The topological polar surface area (TPSA) is 12.0 Å². The van der Waals surface area contributed by atoms with Crippen LogP contribution in [0.1, 0.15) is 24.0 Å². The van der Waals surface area contributed by atoms with Crippen molar-refractivity contribution in [3.8, 4) is 0 Å². The first-order valence-electron chi connectivity index (χ1n) is 6.03. The van der Waals surface area contributed by atoms with Crippen LogP contribution in [-0.4, -0.2) is 13.1 Å². The maximum atomic E-state index is 13.5. The highest BCUT2D eigenvalue weighted by Crippen LogP contribution is 2.31. The van der Waals surface area contributed by atoms with E-state index in [0.29, 0.717) is 6.42 Å². The molecule has 0 atom stereocenters. The Balaban J connectivity index is 2.15. The normalized spacial score (nSPS) is 18.0. The summed E-state index contributed by atoms with van der Waals surface area (Å²) in [5.74, 6) is -0.272. The Labute approximate surface area is 103 Å². The van der Waals surface area contributed by atoms with E-state index in [2.05, 4.69) is 5.32 Å². The Morgan fingerprint density at radius 3 is 2.44 bits per heavy atom. The minimum absolute atomic E-state index is 0.178. The minimum atomic E-state index is -4.41. The summed E-state index contributed by atoms with van der Waals surface area (Å²) in [5.41, 5.74) is -0.593. The van der Waals surface area contributed by atoms with Gasteiger partial charge in [-0.15, -0.1) is 0 Å². The Morgan fingerprint density at radius 2 is 1.83 bits per heavy atom. The molecule has 0 bridgehead atoms. The molecular formula is C13H15F4N. The molecule has 1 aromatic carbocycles. The van der Waals surface area contributed by atoms with Crippen LogP contribution < -0.4 is 5.32 Å². The highest BCUT2D eigenvalue weighted by atomic mass is 19.4. The van der Waals surface area contributed by atoms with E-state index in [-0.39, 0.29) is 11.5 Å². The summed E-state index contributed by atoms with van der Waals surface area (Å²) in [6.45, 7) is 1.70. The standard InChI is InChI=1S/C13H15F4N/c14-12-2-1-11(13(15,16)17)8-10(12)7-9-3-5-18-6-4-9/h1-2,8-9,18H,3-7H2. The first-order chi connectivity index (χ1) is 8.47. The van der Waals surface area contributed by atoms with Crippen LogP contribution in [0.25, 0.3) is 0 Å². The van der Waals surface area contributed by atoms with Gasteiger partial charge in [-0.25, -0.2) is 4.39 Å². The third-order valence-electron chi connectivity index (χ3n) is 3.34. The van der Waals surface area contributed by atoms with Gasteiger partial charge >= 0.3 is 6.18 Å². The minimum Gasteiger partial charge on any atom is -0.317 e. The van der Waals surface area contributed by atoms with Gasteiger partial charge in [-0.05, 0) is 62.0 Å². The molecule has 1 nitrogen and oxygen atoms in total. The molecule has 0 aromatic heterocycles. The fraction of sp³-hybridized carbons (Fsp3) is 0.538. The lowest BCUT2D eigenvalue weighted by molar-refractivity contribution is -0.137. The van der Waals surface area contributed by atoms with Crippen LogP contribution in [0.4, 0.5) is 17.6 Å². The fourth-order valence-corrected chi connectivity index (χ4v) is 2.30. The second-order valence-electron chi connectivity index (χ2n) is 4.70. The van der Waals surface area contributed by atoms with E-state index < -0.39 is 17.6 Å². The Bertz CT molecular complexity index is 408. The number of benzene rings is 1. The first kappa shape index (κ1) is 13.3. The van der Waals surface area contributed by atoms with Gasteiger partial charge < -0.3 is 5.32 Å². The maximum Gasteiger partial charge on any atom is 0.416 e. The summed E-state index contributed by atoms with van der Waals surface area (Å²) < 4.78 is 51.2. The highest BCUT2D eigenvalue weighted by Gasteiger charge is 2.31.